The zero-order valence-corrected chi connectivity index (χ0v) is 25.3. The number of piperidine rings is 1. The van der Waals surface area contributed by atoms with Gasteiger partial charge in [0.1, 0.15) is 12.3 Å². The van der Waals surface area contributed by atoms with Crippen LogP contribution < -0.4 is 10.1 Å². The normalized spacial score (nSPS) is 27.0. The smallest absolute Gasteiger partial charge is 0.243 e. The summed E-state index contributed by atoms with van der Waals surface area (Å²) in [6.45, 7) is 10.9. The van der Waals surface area contributed by atoms with Gasteiger partial charge in [0, 0.05) is 48.0 Å². The third-order valence-electron chi connectivity index (χ3n) is 9.28. The second-order valence-corrected chi connectivity index (χ2v) is 13.2. The molecule has 2 amide bonds. The first-order valence-corrected chi connectivity index (χ1v) is 15.4. The van der Waals surface area contributed by atoms with Crippen LogP contribution in [0.25, 0.3) is 10.9 Å². The van der Waals surface area contributed by atoms with Gasteiger partial charge in [-0.05, 0) is 62.1 Å². The molecule has 8 nitrogen and oxygen atoms in total. The van der Waals surface area contributed by atoms with Crippen molar-refractivity contribution >= 4 is 34.3 Å². The number of nitrogens with zero attached hydrogens (tertiary/aromatic N) is 2. The van der Waals surface area contributed by atoms with Gasteiger partial charge in [-0.25, -0.2) is 0 Å². The lowest BCUT2D eigenvalue weighted by Crippen LogP contribution is -2.44. The van der Waals surface area contributed by atoms with Gasteiger partial charge in [0.25, 0.3) is 0 Å². The Balaban J connectivity index is 1.57. The predicted molar refractivity (Wildman–Crippen MR) is 158 cm³/mol. The first-order chi connectivity index (χ1) is 19.5. The number of rotatable bonds is 6. The molecular weight excluding hydrogens is 518 g/mol. The summed E-state index contributed by atoms with van der Waals surface area (Å²) < 4.78 is 8.05. The number of hydrogen-bond donors (Lipinski definition) is 1. The standard InChI is InChI=1S/C33H45N3O5/c1-6-28(38)27-14-33-15-29(33)36(27)31(40)17-35-16-26(22(5)37)25-13-24(41-18-20(2)3)12-23(32(25)35)10-8-7-9-21(4)11-30(39)34-19-33/h12-13,16,20-21,27,29H,6-11,14-15,17-19H2,1-5H3,(H,34,39)/t21-,27-,29+,33-/m0/s1. The Bertz CT molecular complexity index is 1360. The lowest BCUT2D eigenvalue weighted by molar-refractivity contribution is -0.139. The fourth-order valence-corrected chi connectivity index (χ4v) is 7.00. The summed E-state index contributed by atoms with van der Waals surface area (Å²) in [4.78, 5) is 54.4. The number of hydrogen-bond acceptors (Lipinski definition) is 5. The molecule has 3 aliphatic rings. The minimum absolute atomic E-state index is 0.0477. The van der Waals surface area contributed by atoms with E-state index in [2.05, 4.69) is 32.2 Å². The molecule has 8 heteroatoms. The molecule has 2 aliphatic heterocycles. The van der Waals surface area contributed by atoms with Crippen LogP contribution in [0.3, 0.4) is 0 Å². The summed E-state index contributed by atoms with van der Waals surface area (Å²) in [5, 5.41) is 3.95. The van der Waals surface area contributed by atoms with Gasteiger partial charge in [-0.1, -0.05) is 40.5 Å². The monoisotopic (exact) mass is 563 g/mol. The van der Waals surface area contributed by atoms with Crippen LogP contribution in [0.4, 0.5) is 0 Å². The molecule has 2 aromatic rings. The summed E-state index contributed by atoms with van der Waals surface area (Å²) >= 11 is 0. The molecule has 5 rings (SSSR count). The van der Waals surface area contributed by atoms with Gasteiger partial charge >= 0.3 is 0 Å². The van der Waals surface area contributed by atoms with E-state index in [9.17, 15) is 19.2 Å². The Labute approximate surface area is 243 Å². The summed E-state index contributed by atoms with van der Waals surface area (Å²) in [6.07, 6.45) is 7.68. The van der Waals surface area contributed by atoms with E-state index in [1.807, 2.05) is 23.8 Å². The van der Waals surface area contributed by atoms with Crippen LogP contribution >= 0.6 is 0 Å². The molecule has 1 aromatic carbocycles. The van der Waals surface area contributed by atoms with E-state index in [0.717, 1.165) is 54.3 Å². The highest BCUT2D eigenvalue weighted by atomic mass is 16.5. The molecule has 0 radical (unpaired) electrons. The molecule has 1 saturated carbocycles. The summed E-state index contributed by atoms with van der Waals surface area (Å²) in [5.41, 5.74) is 2.31. The number of benzene rings is 1. The van der Waals surface area contributed by atoms with Gasteiger partial charge in [-0.3, -0.25) is 19.2 Å². The molecular formula is C33H45N3O5. The zero-order chi connectivity index (χ0) is 29.5. The molecule has 3 heterocycles. The highest BCUT2D eigenvalue weighted by Gasteiger charge is 2.66. The molecule has 1 aromatic heterocycles. The first-order valence-electron chi connectivity index (χ1n) is 15.4. The highest BCUT2D eigenvalue weighted by molar-refractivity contribution is 6.08. The molecule has 1 aliphatic carbocycles. The Morgan fingerprint density at radius 1 is 1.17 bits per heavy atom. The van der Waals surface area contributed by atoms with Gasteiger partial charge in [0.2, 0.25) is 11.8 Å². The summed E-state index contributed by atoms with van der Waals surface area (Å²) in [5.74, 6) is 1.31. The fourth-order valence-electron chi connectivity index (χ4n) is 7.00. The van der Waals surface area contributed by atoms with Crippen molar-refractivity contribution in [3.8, 4) is 5.75 Å². The van der Waals surface area contributed by atoms with Crippen LogP contribution in [0.2, 0.25) is 0 Å². The molecule has 0 spiro atoms. The number of aryl methyl sites for hydroxylation is 1. The Morgan fingerprint density at radius 2 is 1.95 bits per heavy atom. The van der Waals surface area contributed by atoms with Gasteiger partial charge in [0.05, 0.1) is 18.2 Å². The predicted octanol–water partition coefficient (Wildman–Crippen LogP) is 5.09. The SMILES string of the molecule is CCC(=O)[C@@H]1C[C@]23CNC(=O)C[C@@H](C)CCCCc4cc(OCC(C)C)cc5c(C(C)=O)cn(c45)CC(=O)N1[C@@H]2C3. The number of ether oxygens (including phenoxy) is 1. The van der Waals surface area contributed by atoms with Crippen LogP contribution in [0.15, 0.2) is 18.3 Å². The highest BCUT2D eigenvalue weighted by Crippen LogP contribution is 2.59. The maximum absolute atomic E-state index is 14.0. The lowest BCUT2D eigenvalue weighted by atomic mass is 9.95. The number of nitrogens with one attached hydrogen (secondary N) is 1. The van der Waals surface area contributed by atoms with Crippen molar-refractivity contribution in [1.82, 2.24) is 14.8 Å². The second kappa shape index (κ2) is 11.6. The fraction of sp³-hybridized carbons (Fsp3) is 0.636. The van der Waals surface area contributed by atoms with Crippen molar-refractivity contribution in [3.63, 3.8) is 0 Å². The lowest BCUT2D eigenvalue weighted by Gasteiger charge is -2.27. The first kappa shape index (κ1) is 29.3. The Kier molecular flexibility index (Phi) is 8.31. The summed E-state index contributed by atoms with van der Waals surface area (Å²) in [6, 6.07) is 3.48. The van der Waals surface area contributed by atoms with Crippen molar-refractivity contribution in [2.24, 2.45) is 17.3 Å². The minimum Gasteiger partial charge on any atom is -0.493 e. The van der Waals surface area contributed by atoms with Crippen molar-refractivity contribution < 1.29 is 23.9 Å². The van der Waals surface area contributed by atoms with E-state index in [-0.39, 0.29) is 47.3 Å². The van der Waals surface area contributed by atoms with E-state index in [4.69, 9.17) is 4.74 Å². The topological polar surface area (TPSA) is 97.7 Å². The van der Waals surface area contributed by atoms with Crippen molar-refractivity contribution in [1.29, 1.82) is 0 Å². The van der Waals surface area contributed by atoms with Crippen molar-refractivity contribution in [2.75, 3.05) is 13.2 Å². The number of carbonyl (C=O) groups excluding carboxylic acids is 4. The second-order valence-electron chi connectivity index (χ2n) is 13.2. The number of aromatic nitrogens is 1. The van der Waals surface area contributed by atoms with E-state index in [1.165, 1.54) is 0 Å². The Hall–Kier alpha value is -3.16. The van der Waals surface area contributed by atoms with Crippen LogP contribution in [0.5, 0.6) is 5.75 Å². The van der Waals surface area contributed by atoms with Crippen LogP contribution in [0.1, 0.15) is 95.5 Å². The van der Waals surface area contributed by atoms with E-state index in [0.29, 0.717) is 43.9 Å². The molecule has 4 atom stereocenters. The van der Waals surface area contributed by atoms with Gasteiger partial charge in [0.15, 0.2) is 11.6 Å². The zero-order valence-electron chi connectivity index (χ0n) is 25.3. The number of carbonyl (C=O) groups is 4. The Morgan fingerprint density at radius 3 is 2.66 bits per heavy atom. The molecule has 2 bridgehead atoms. The average Bonchev–Trinajstić information content (AvgIpc) is 3.33. The minimum atomic E-state index is -0.467. The van der Waals surface area contributed by atoms with Gasteiger partial charge < -0.3 is 19.5 Å². The molecule has 41 heavy (non-hydrogen) atoms. The van der Waals surface area contributed by atoms with E-state index >= 15 is 0 Å². The van der Waals surface area contributed by atoms with Gasteiger partial charge in [-0.2, -0.15) is 0 Å². The molecule has 0 unspecified atom stereocenters. The van der Waals surface area contributed by atoms with Crippen molar-refractivity contribution in [3.05, 3.63) is 29.5 Å². The maximum Gasteiger partial charge on any atom is 0.243 e. The number of Topliss-reactive ketones (excluding diaryl/α,β-unsaturated/α-hetero) is 2. The maximum atomic E-state index is 14.0. The van der Waals surface area contributed by atoms with E-state index in [1.54, 1.807) is 11.8 Å². The van der Waals surface area contributed by atoms with Crippen LogP contribution in [-0.4, -0.2) is 58.1 Å². The van der Waals surface area contributed by atoms with Crippen molar-refractivity contribution in [2.45, 2.75) is 105 Å². The average molecular weight is 564 g/mol. The molecule has 1 N–H and O–H groups in total. The van der Waals surface area contributed by atoms with Crippen LogP contribution in [-0.2, 0) is 27.3 Å². The number of ketones is 2. The summed E-state index contributed by atoms with van der Waals surface area (Å²) in [7, 11) is 0. The third-order valence-corrected chi connectivity index (χ3v) is 9.28. The quantitative estimate of drug-likeness (QED) is 0.494. The van der Waals surface area contributed by atoms with Crippen LogP contribution in [0, 0.1) is 17.3 Å². The third kappa shape index (κ3) is 5.93. The molecule has 2 fully saturated rings. The largest absolute Gasteiger partial charge is 0.493 e. The molecule has 222 valence electrons. The van der Waals surface area contributed by atoms with Gasteiger partial charge in [-0.15, -0.1) is 0 Å². The molecule has 1 saturated heterocycles. The van der Waals surface area contributed by atoms with E-state index < -0.39 is 6.04 Å². The number of amides is 2.